The van der Waals surface area contributed by atoms with Crippen LogP contribution in [-0.2, 0) is 0 Å². The Bertz CT molecular complexity index is 6120. The van der Waals surface area contributed by atoms with Crippen molar-refractivity contribution in [2.24, 2.45) is 0 Å². The van der Waals surface area contributed by atoms with Crippen LogP contribution in [0.1, 0.15) is 44.5 Å². The zero-order chi connectivity index (χ0) is 75.8. The molecule has 4 aromatic heterocycles. The highest BCUT2D eigenvalue weighted by Crippen LogP contribution is 2.45. The van der Waals surface area contributed by atoms with Gasteiger partial charge in [-0.05, 0) is 201 Å². The molecule has 0 unspecified atom stereocenters. The van der Waals surface area contributed by atoms with Gasteiger partial charge in [-0.1, -0.05) is 293 Å². The average Bonchev–Trinajstić information content (AvgIpc) is 1.54. The lowest BCUT2D eigenvalue weighted by Crippen LogP contribution is -2.04. The van der Waals surface area contributed by atoms with Gasteiger partial charge in [0.2, 0.25) is 0 Å². The van der Waals surface area contributed by atoms with E-state index >= 15 is 0 Å². The van der Waals surface area contributed by atoms with Crippen molar-refractivity contribution in [3.05, 3.63) is 372 Å². The number of benzene rings is 15. The molecule has 0 radical (unpaired) electrons. The van der Waals surface area contributed by atoms with Crippen molar-refractivity contribution in [2.75, 3.05) is 0 Å². The molecule has 0 atom stereocenters. The lowest BCUT2D eigenvalue weighted by molar-refractivity contribution is 1.06. The van der Waals surface area contributed by atoms with E-state index in [0.717, 1.165) is 133 Å². The van der Waals surface area contributed by atoms with Crippen molar-refractivity contribution in [1.29, 1.82) is 0 Å². The Morgan fingerprint density at radius 3 is 0.634 bits per heavy atom. The minimum Gasteiger partial charge on any atom is -0.308 e. The second kappa shape index (κ2) is 28.2. The van der Waals surface area contributed by atoms with E-state index < -0.39 is 0 Å². The smallest absolute Gasteiger partial charge is 0.166 e. The molecule has 0 spiro atoms. The van der Waals surface area contributed by atoms with Gasteiger partial charge in [0.1, 0.15) is 0 Å². The summed E-state index contributed by atoms with van der Waals surface area (Å²) in [5, 5.41) is 4.55. The molecule has 0 saturated heterocycles. The van der Waals surface area contributed by atoms with Crippen LogP contribution in [0.25, 0.3) is 190 Å². The second-order valence-electron chi connectivity index (χ2n) is 30.2. The summed E-state index contributed by atoms with van der Waals surface area (Å²) in [6.07, 6.45) is 0. The van der Waals surface area contributed by atoms with Crippen molar-refractivity contribution in [3.8, 4) is 146 Å². The van der Waals surface area contributed by atoms with Crippen molar-refractivity contribution >= 4 is 43.6 Å². The predicted octanol–water partition coefficient (Wildman–Crippen LogP) is 26.7. The molecule has 534 valence electrons. The van der Waals surface area contributed by atoms with Gasteiger partial charge in [0.25, 0.3) is 0 Å². The first-order valence-corrected chi connectivity index (χ1v) is 38.3. The van der Waals surface area contributed by atoms with Crippen LogP contribution in [0.15, 0.2) is 328 Å². The van der Waals surface area contributed by atoms with Gasteiger partial charge >= 0.3 is 0 Å². The fourth-order valence-corrected chi connectivity index (χ4v) is 16.8. The van der Waals surface area contributed by atoms with Crippen LogP contribution in [0, 0.1) is 55.4 Å². The van der Waals surface area contributed by atoms with Gasteiger partial charge in [0.05, 0.1) is 33.4 Å². The molecule has 0 aliphatic heterocycles. The third kappa shape index (κ3) is 13.0. The maximum Gasteiger partial charge on any atom is 0.166 e. The van der Waals surface area contributed by atoms with Crippen LogP contribution in [0.5, 0.6) is 0 Å². The molecule has 15 aromatic carbocycles. The van der Waals surface area contributed by atoms with E-state index in [4.69, 9.17) is 29.9 Å². The summed E-state index contributed by atoms with van der Waals surface area (Å²) < 4.78 is 4.89. The third-order valence-corrected chi connectivity index (χ3v) is 21.6. The molecular formula is C104H78N8. The van der Waals surface area contributed by atoms with Gasteiger partial charge < -0.3 is 9.13 Å². The maximum atomic E-state index is 5.46. The summed E-state index contributed by atoms with van der Waals surface area (Å²) in [6, 6.07) is 119. The maximum absolute atomic E-state index is 5.46. The normalized spacial score (nSPS) is 11.6. The minimum atomic E-state index is 0.558. The van der Waals surface area contributed by atoms with E-state index in [1.54, 1.807) is 0 Å². The van der Waals surface area contributed by atoms with Crippen molar-refractivity contribution in [3.63, 3.8) is 0 Å². The zero-order valence-electron chi connectivity index (χ0n) is 63.8. The fraction of sp³-hybridized carbons (Fsp3) is 0.0769. The topological polar surface area (TPSA) is 87.2 Å². The largest absolute Gasteiger partial charge is 0.308 e. The highest BCUT2D eigenvalue weighted by atomic mass is 15.1. The van der Waals surface area contributed by atoms with Crippen LogP contribution in [-0.4, -0.2) is 39.0 Å². The number of hydrogen-bond donors (Lipinski definition) is 0. The zero-order valence-corrected chi connectivity index (χ0v) is 63.8. The molecule has 112 heavy (non-hydrogen) atoms. The predicted molar refractivity (Wildman–Crippen MR) is 465 cm³/mol. The average molecular weight is 1440 g/mol. The number of fused-ring (bicyclic) bond motifs is 6. The van der Waals surface area contributed by atoms with E-state index in [-0.39, 0.29) is 0 Å². The van der Waals surface area contributed by atoms with E-state index in [9.17, 15) is 0 Å². The first-order chi connectivity index (χ1) is 54.7. The van der Waals surface area contributed by atoms with Crippen LogP contribution in [0.4, 0.5) is 0 Å². The fourth-order valence-electron chi connectivity index (χ4n) is 16.8. The summed E-state index contributed by atoms with van der Waals surface area (Å²) in [5.41, 5.74) is 34.6. The van der Waals surface area contributed by atoms with Crippen LogP contribution in [0.2, 0.25) is 0 Å². The quantitative estimate of drug-likeness (QED) is 0.108. The van der Waals surface area contributed by atoms with Crippen LogP contribution >= 0.6 is 0 Å². The van der Waals surface area contributed by atoms with Gasteiger partial charge in [0, 0.05) is 54.9 Å². The Kier molecular flexibility index (Phi) is 17.2. The second-order valence-corrected chi connectivity index (χ2v) is 30.2. The molecule has 0 bridgehead atoms. The molecule has 0 aliphatic rings. The van der Waals surface area contributed by atoms with E-state index in [1.807, 2.05) is 72.8 Å². The molecule has 0 N–H and O–H groups in total. The first-order valence-electron chi connectivity index (χ1n) is 38.3. The van der Waals surface area contributed by atoms with Crippen molar-refractivity contribution in [2.45, 2.75) is 55.4 Å². The lowest BCUT2D eigenvalue weighted by atomic mass is 9.96. The molecule has 0 aliphatic carbocycles. The van der Waals surface area contributed by atoms with Gasteiger partial charge in [0.15, 0.2) is 34.9 Å². The molecule has 8 heteroatoms. The number of nitrogens with zero attached hydrogens (tertiary/aromatic N) is 8. The van der Waals surface area contributed by atoms with Crippen LogP contribution in [0.3, 0.4) is 0 Å². The number of aryl methyl sites for hydroxylation is 8. The van der Waals surface area contributed by atoms with Crippen molar-refractivity contribution < 1.29 is 0 Å². The Morgan fingerprint density at radius 2 is 0.375 bits per heavy atom. The van der Waals surface area contributed by atoms with E-state index in [0.29, 0.717) is 34.9 Å². The van der Waals surface area contributed by atoms with E-state index in [2.05, 4.69) is 319 Å². The molecule has 0 saturated carbocycles. The number of hydrogen-bond acceptors (Lipinski definition) is 6. The Hall–Kier alpha value is -14.1. The summed E-state index contributed by atoms with van der Waals surface area (Å²) >= 11 is 0. The highest BCUT2D eigenvalue weighted by Gasteiger charge is 2.26. The van der Waals surface area contributed by atoms with Gasteiger partial charge in [-0.15, -0.1) is 0 Å². The van der Waals surface area contributed by atoms with Gasteiger partial charge in [-0.3, -0.25) is 0 Å². The van der Waals surface area contributed by atoms with Gasteiger partial charge in [-0.2, -0.15) is 0 Å². The standard InChI is InChI=1S/C104H78N8/c1-63-44-64(2)49-83(48-63)77-34-40-93-89(57-77)90-58-78(84-50-65(3)45-66(4)51-84)35-41-94(90)111(93)97-61-81(32-38-87(97)103-107-99(71-22-13-9-14-23-71)105-100(108-103)72-24-15-10-16-25-72)75-30-21-31-76(56-75)82-33-39-88(104-109-101(73-26-17-11-18-27-73)106-102(110-104)74-28-19-12-20-29-74)98(62-82)112-95-42-36-79(85-52-67(5)46-68(6)53-85)59-91(95)92-60-80(37-43-96(92)112)86-54-69(7)47-70(8)55-86/h9-62H,1-8H3. The molecule has 19 rings (SSSR count). The van der Waals surface area contributed by atoms with Crippen molar-refractivity contribution in [1.82, 2.24) is 39.0 Å². The molecule has 0 fully saturated rings. The molecular weight excluding hydrogens is 1360 g/mol. The monoisotopic (exact) mass is 1440 g/mol. The third-order valence-electron chi connectivity index (χ3n) is 21.6. The molecule has 4 heterocycles. The van der Waals surface area contributed by atoms with E-state index in [1.165, 1.54) is 66.8 Å². The summed E-state index contributed by atoms with van der Waals surface area (Å²) in [7, 11) is 0. The molecule has 0 amide bonds. The summed E-state index contributed by atoms with van der Waals surface area (Å²) in [4.78, 5) is 32.3. The highest BCUT2D eigenvalue weighted by molar-refractivity contribution is 6.14. The Morgan fingerprint density at radius 1 is 0.161 bits per heavy atom. The summed E-state index contributed by atoms with van der Waals surface area (Å²) in [5.74, 6) is 3.47. The summed E-state index contributed by atoms with van der Waals surface area (Å²) in [6.45, 7) is 17.5. The first kappa shape index (κ1) is 68.5. The lowest BCUT2D eigenvalue weighted by Gasteiger charge is -2.18. The molecule has 19 aromatic rings. The minimum absolute atomic E-state index is 0.558. The SMILES string of the molecule is Cc1cc(C)cc(-c2ccc3c(c2)c2cc(-c4cc(C)cc(C)c4)ccc2n3-c2cc(-c3cccc(-c4ccc(-c5nc(-c6ccccc6)nc(-c6ccccc6)n5)c(-n5c6ccc(-c7cc(C)cc(C)c7)cc6c6cc(-c7cc(C)cc(C)c7)ccc65)c4)c3)ccc2-c2nc(-c3ccccc3)nc(-c3ccccc3)n2)c1. The van der Waals surface area contributed by atoms with Crippen LogP contribution < -0.4 is 0 Å². The Balaban J connectivity index is 0.845. The van der Waals surface area contributed by atoms with Gasteiger partial charge in [-0.25, -0.2) is 29.9 Å². The number of rotatable bonds is 14. The number of aromatic nitrogens is 8. The Labute approximate surface area is 652 Å². The molecule has 8 nitrogen and oxygen atoms in total.